The van der Waals surface area contributed by atoms with Crippen LogP contribution in [-0.2, 0) is 4.79 Å². The molecule has 1 saturated heterocycles. The Hall–Kier alpha value is -1.59. The van der Waals surface area contributed by atoms with Crippen molar-refractivity contribution in [2.75, 3.05) is 16.9 Å². The molecule has 2 aromatic rings. The fourth-order valence-corrected chi connectivity index (χ4v) is 2.93. The summed E-state index contributed by atoms with van der Waals surface area (Å²) in [6.45, 7) is 0. The zero-order valence-corrected chi connectivity index (χ0v) is 10.5. The van der Waals surface area contributed by atoms with Gasteiger partial charge in [-0.3, -0.25) is 15.1 Å². The number of para-hydroxylation sites is 1. The van der Waals surface area contributed by atoms with Crippen LogP contribution >= 0.6 is 11.8 Å². The van der Waals surface area contributed by atoms with Crippen molar-refractivity contribution >= 4 is 34.3 Å². The minimum Gasteiger partial charge on any atom is -0.323 e. The Bertz CT molecular complexity index is 576. The topological polar surface area (TPSA) is 54.0 Å². The van der Waals surface area contributed by atoms with Gasteiger partial charge < -0.3 is 5.32 Å². The summed E-state index contributed by atoms with van der Waals surface area (Å²) in [5.41, 5.74) is 1.61. The number of nitrogens with one attached hydrogen (secondary N) is 2. The number of amides is 1. The molecular weight excluding hydrogens is 246 g/mol. The van der Waals surface area contributed by atoms with Crippen LogP contribution in [0.3, 0.4) is 0 Å². The van der Waals surface area contributed by atoms with Crippen molar-refractivity contribution in [3.05, 3.63) is 36.5 Å². The Morgan fingerprint density at radius 2 is 2.28 bits per heavy atom. The van der Waals surface area contributed by atoms with Crippen LogP contribution in [-0.4, -0.2) is 28.6 Å². The van der Waals surface area contributed by atoms with E-state index in [0.29, 0.717) is 0 Å². The van der Waals surface area contributed by atoms with Gasteiger partial charge in [0.1, 0.15) is 0 Å². The zero-order valence-electron chi connectivity index (χ0n) is 9.72. The molecule has 1 aromatic heterocycles. The van der Waals surface area contributed by atoms with Crippen LogP contribution < -0.4 is 10.6 Å². The van der Waals surface area contributed by atoms with Gasteiger partial charge in [-0.1, -0.05) is 18.2 Å². The largest absolute Gasteiger partial charge is 0.323 e. The summed E-state index contributed by atoms with van der Waals surface area (Å²) < 4.78 is 0. The molecule has 0 saturated carbocycles. The minimum atomic E-state index is -0.103. The maximum atomic E-state index is 12.0. The third-order valence-electron chi connectivity index (χ3n) is 2.92. The molecule has 0 spiro atoms. The van der Waals surface area contributed by atoms with E-state index < -0.39 is 0 Å². The van der Waals surface area contributed by atoms with Crippen molar-refractivity contribution in [3.63, 3.8) is 0 Å². The molecule has 3 rings (SSSR count). The van der Waals surface area contributed by atoms with Gasteiger partial charge in [0.15, 0.2) is 0 Å². The van der Waals surface area contributed by atoms with Gasteiger partial charge in [0.25, 0.3) is 0 Å². The van der Waals surface area contributed by atoms with Crippen molar-refractivity contribution in [2.45, 2.75) is 6.04 Å². The number of anilines is 1. The second kappa shape index (κ2) is 4.96. The van der Waals surface area contributed by atoms with E-state index >= 15 is 0 Å². The number of rotatable bonds is 2. The van der Waals surface area contributed by atoms with Crippen molar-refractivity contribution < 1.29 is 4.79 Å². The molecule has 0 bridgehead atoms. The van der Waals surface area contributed by atoms with Crippen LogP contribution in [0.4, 0.5) is 5.69 Å². The molecule has 4 nitrogen and oxygen atoms in total. The summed E-state index contributed by atoms with van der Waals surface area (Å²) in [6.07, 6.45) is 1.74. The average Bonchev–Trinajstić information content (AvgIpc) is 2.93. The molecule has 2 N–H and O–H groups in total. The molecule has 0 aliphatic carbocycles. The lowest BCUT2D eigenvalue weighted by molar-refractivity contribution is -0.117. The maximum absolute atomic E-state index is 12.0. The molecule has 1 aliphatic rings. The zero-order chi connectivity index (χ0) is 12.4. The first-order valence-corrected chi connectivity index (χ1v) is 6.96. The Morgan fingerprint density at radius 1 is 1.39 bits per heavy atom. The minimum absolute atomic E-state index is 0.0122. The van der Waals surface area contributed by atoms with Gasteiger partial charge in [0.2, 0.25) is 5.91 Å². The quantitative estimate of drug-likeness (QED) is 0.864. The number of fused-ring (bicyclic) bond motifs is 1. The van der Waals surface area contributed by atoms with Crippen LogP contribution in [0.1, 0.15) is 0 Å². The van der Waals surface area contributed by atoms with Crippen LogP contribution in [0.25, 0.3) is 10.9 Å². The lowest BCUT2D eigenvalue weighted by Crippen LogP contribution is -2.37. The number of pyridine rings is 1. The first-order chi connectivity index (χ1) is 8.84. The summed E-state index contributed by atoms with van der Waals surface area (Å²) in [7, 11) is 0. The molecule has 1 aliphatic heterocycles. The molecule has 5 heteroatoms. The van der Waals surface area contributed by atoms with E-state index in [0.717, 1.165) is 28.2 Å². The molecule has 18 heavy (non-hydrogen) atoms. The summed E-state index contributed by atoms with van der Waals surface area (Å²) in [5, 5.41) is 7.14. The summed E-state index contributed by atoms with van der Waals surface area (Å²) in [5.74, 6) is 1.67. The number of benzene rings is 1. The van der Waals surface area contributed by atoms with E-state index in [4.69, 9.17) is 0 Å². The predicted octanol–water partition coefficient (Wildman–Crippen LogP) is 1.84. The van der Waals surface area contributed by atoms with Gasteiger partial charge in [-0.05, 0) is 12.1 Å². The molecule has 0 radical (unpaired) electrons. The van der Waals surface area contributed by atoms with Crippen molar-refractivity contribution in [3.8, 4) is 0 Å². The van der Waals surface area contributed by atoms with Gasteiger partial charge in [0.05, 0.1) is 17.2 Å². The summed E-state index contributed by atoms with van der Waals surface area (Å²) in [4.78, 5) is 16.4. The molecule has 92 valence electrons. The van der Waals surface area contributed by atoms with E-state index in [-0.39, 0.29) is 11.9 Å². The maximum Gasteiger partial charge on any atom is 0.242 e. The first kappa shape index (κ1) is 11.5. The number of carbonyl (C=O) groups is 1. The number of hydrogen-bond donors (Lipinski definition) is 2. The van der Waals surface area contributed by atoms with E-state index in [1.165, 1.54) is 0 Å². The normalized spacial score (nSPS) is 19.0. The van der Waals surface area contributed by atoms with Crippen LogP contribution in [0, 0.1) is 0 Å². The van der Waals surface area contributed by atoms with E-state index in [2.05, 4.69) is 15.6 Å². The van der Waals surface area contributed by atoms with Gasteiger partial charge in [-0.15, -0.1) is 11.8 Å². The molecule has 1 fully saturated rings. The predicted molar refractivity (Wildman–Crippen MR) is 74.6 cm³/mol. The third-order valence-corrected chi connectivity index (χ3v) is 3.86. The fourth-order valence-electron chi connectivity index (χ4n) is 1.99. The third kappa shape index (κ3) is 2.19. The molecular formula is C13H13N3OS. The van der Waals surface area contributed by atoms with E-state index in [1.54, 1.807) is 18.0 Å². The summed E-state index contributed by atoms with van der Waals surface area (Å²) in [6, 6.07) is 9.58. The fraction of sp³-hybridized carbons (Fsp3) is 0.231. The highest BCUT2D eigenvalue weighted by molar-refractivity contribution is 7.99. The Balaban J connectivity index is 1.88. The Kier molecular flexibility index (Phi) is 3.17. The Morgan fingerprint density at radius 3 is 3.11 bits per heavy atom. The second-order valence-corrected chi connectivity index (χ2v) is 5.17. The highest BCUT2D eigenvalue weighted by atomic mass is 32.2. The van der Waals surface area contributed by atoms with Crippen molar-refractivity contribution in [1.82, 2.24) is 10.3 Å². The number of hydrogen-bond acceptors (Lipinski definition) is 4. The lowest BCUT2D eigenvalue weighted by atomic mass is 10.2. The number of carbonyl (C=O) groups excluding carboxylic acids is 1. The highest BCUT2D eigenvalue weighted by Crippen LogP contribution is 2.21. The van der Waals surface area contributed by atoms with E-state index in [9.17, 15) is 4.79 Å². The molecule has 1 aromatic carbocycles. The van der Waals surface area contributed by atoms with Gasteiger partial charge in [0, 0.05) is 23.2 Å². The second-order valence-electron chi connectivity index (χ2n) is 4.14. The lowest BCUT2D eigenvalue weighted by Gasteiger charge is -2.11. The van der Waals surface area contributed by atoms with Crippen molar-refractivity contribution in [2.24, 2.45) is 0 Å². The average molecular weight is 259 g/mol. The first-order valence-electron chi connectivity index (χ1n) is 5.80. The Labute approximate surface area is 109 Å². The SMILES string of the molecule is O=C(Nc1cccc2cccnc12)C1CSCN1. The highest BCUT2D eigenvalue weighted by Gasteiger charge is 2.22. The van der Waals surface area contributed by atoms with Gasteiger partial charge >= 0.3 is 0 Å². The number of thioether (sulfide) groups is 1. The van der Waals surface area contributed by atoms with Crippen LogP contribution in [0.2, 0.25) is 0 Å². The monoisotopic (exact) mass is 259 g/mol. The van der Waals surface area contributed by atoms with Crippen LogP contribution in [0.15, 0.2) is 36.5 Å². The molecule has 1 amide bonds. The van der Waals surface area contributed by atoms with Gasteiger partial charge in [-0.2, -0.15) is 0 Å². The van der Waals surface area contributed by atoms with Gasteiger partial charge in [-0.25, -0.2) is 0 Å². The molecule has 1 atom stereocenters. The van der Waals surface area contributed by atoms with E-state index in [1.807, 2.05) is 30.3 Å². The standard InChI is InChI=1S/C13H13N3OS/c17-13(11-7-18-8-15-11)16-10-5-1-3-9-4-2-6-14-12(9)10/h1-6,11,15H,7-8H2,(H,16,17). The molecule has 2 heterocycles. The smallest absolute Gasteiger partial charge is 0.242 e. The summed E-state index contributed by atoms with van der Waals surface area (Å²) >= 11 is 1.74. The number of nitrogens with zero attached hydrogens (tertiary/aromatic N) is 1. The van der Waals surface area contributed by atoms with Crippen LogP contribution in [0.5, 0.6) is 0 Å². The van der Waals surface area contributed by atoms with Crippen molar-refractivity contribution in [1.29, 1.82) is 0 Å². The number of aromatic nitrogens is 1. The molecule has 1 unspecified atom stereocenters.